The Morgan fingerprint density at radius 3 is 1.68 bits per heavy atom. The fourth-order valence-electron chi connectivity index (χ4n) is 5.62. The second kappa shape index (κ2) is 8.93. The lowest BCUT2D eigenvalue weighted by Gasteiger charge is -2.40. The van der Waals surface area contributed by atoms with Gasteiger partial charge in [-0.1, -0.05) is 73.5 Å². The minimum atomic E-state index is -0.0527. The lowest BCUT2D eigenvalue weighted by Crippen LogP contribution is -2.52. The van der Waals surface area contributed by atoms with Gasteiger partial charge in [0.05, 0.1) is 24.5 Å². The molecule has 0 bridgehead atoms. The van der Waals surface area contributed by atoms with Crippen molar-refractivity contribution >= 4 is 11.8 Å². The predicted molar refractivity (Wildman–Crippen MR) is 120 cm³/mol. The van der Waals surface area contributed by atoms with E-state index in [-0.39, 0.29) is 29.7 Å². The molecule has 5 heteroatoms. The van der Waals surface area contributed by atoms with Crippen LogP contribution in [0.15, 0.2) is 60.7 Å². The molecule has 162 valence electrons. The SMILES string of the molecule is O=C1[C@@H]2CCCC[C@H]2C(=O)N1CN1CCN(C(c2ccccc2)c2ccccc2)CC1. The van der Waals surface area contributed by atoms with Crippen LogP contribution in [-0.4, -0.2) is 59.4 Å². The van der Waals surface area contributed by atoms with E-state index < -0.39 is 0 Å². The second-order valence-electron chi connectivity index (χ2n) is 9.12. The van der Waals surface area contributed by atoms with Crippen molar-refractivity contribution in [1.82, 2.24) is 14.7 Å². The van der Waals surface area contributed by atoms with Gasteiger partial charge in [0.15, 0.2) is 0 Å². The first-order chi connectivity index (χ1) is 15.2. The summed E-state index contributed by atoms with van der Waals surface area (Å²) < 4.78 is 0. The molecule has 2 saturated heterocycles. The topological polar surface area (TPSA) is 43.9 Å². The van der Waals surface area contributed by atoms with Gasteiger partial charge in [0, 0.05) is 26.2 Å². The molecule has 1 saturated carbocycles. The van der Waals surface area contributed by atoms with Crippen LogP contribution >= 0.6 is 0 Å². The van der Waals surface area contributed by atoms with E-state index in [4.69, 9.17) is 0 Å². The first-order valence-electron chi connectivity index (χ1n) is 11.6. The maximum Gasteiger partial charge on any atom is 0.234 e. The van der Waals surface area contributed by atoms with Crippen molar-refractivity contribution in [2.75, 3.05) is 32.8 Å². The zero-order chi connectivity index (χ0) is 21.2. The number of rotatable bonds is 5. The van der Waals surface area contributed by atoms with Gasteiger partial charge in [-0.3, -0.25) is 24.3 Å². The van der Waals surface area contributed by atoms with Crippen molar-refractivity contribution in [3.63, 3.8) is 0 Å². The molecule has 5 rings (SSSR count). The van der Waals surface area contributed by atoms with Crippen LogP contribution in [0.3, 0.4) is 0 Å². The summed E-state index contributed by atoms with van der Waals surface area (Å²) in [6.07, 6.45) is 3.92. The van der Waals surface area contributed by atoms with E-state index >= 15 is 0 Å². The van der Waals surface area contributed by atoms with Gasteiger partial charge in [-0.15, -0.1) is 0 Å². The van der Waals surface area contributed by atoms with E-state index in [1.807, 2.05) is 0 Å². The Morgan fingerprint density at radius 2 is 1.19 bits per heavy atom. The maximum atomic E-state index is 12.8. The second-order valence-corrected chi connectivity index (χ2v) is 9.12. The average Bonchev–Trinajstić information content (AvgIpc) is 3.07. The average molecular weight is 418 g/mol. The number of carbonyl (C=O) groups is 2. The monoisotopic (exact) mass is 417 g/mol. The molecular weight excluding hydrogens is 386 g/mol. The van der Waals surface area contributed by atoms with Gasteiger partial charge in [-0.05, 0) is 24.0 Å². The largest absolute Gasteiger partial charge is 0.290 e. The minimum absolute atomic E-state index is 0.0527. The standard InChI is InChI=1S/C26H31N3O2/c30-25-22-13-7-8-14-23(22)26(31)29(25)19-27-15-17-28(18-16-27)24(20-9-3-1-4-10-20)21-11-5-2-6-12-21/h1-6,9-12,22-24H,7-8,13-19H2/t22-,23-/m1/s1. The summed E-state index contributed by atoms with van der Waals surface area (Å²) in [5.41, 5.74) is 2.60. The quantitative estimate of drug-likeness (QED) is 0.698. The van der Waals surface area contributed by atoms with Crippen LogP contribution in [0.2, 0.25) is 0 Å². The molecule has 3 fully saturated rings. The number of hydrogen-bond acceptors (Lipinski definition) is 4. The molecule has 0 unspecified atom stereocenters. The lowest BCUT2D eigenvalue weighted by molar-refractivity contribution is -0.142. The van der Waals surface area contributed by atoms with Gasteiger partial charge in [0.25, 0.3) is 0 Å². The summed E-state index contributed by atoms with van der Waals surface area (Å²) in [4.78, 5) is 32.0. The van der Waals surface area contributed by atoms with Gasteiger partial charge in [0.2, 0.25) is 11.8 Å². The fraction of sp³-hybridized carbons (Fsp3) is 0.462. The number of piperazine rings is 1. The molecule has 2 heterocycles. The first-order valence-corrected chi connectivity index (χ1v) is 11.6. The van der Waals surface area contributed by atoms with E-state index in [2.05, 4.69) is 70.5 Å². The predicted octanol–water partition coefficient (Wildman–Crippen LogP) is 3.53. The zero-order valence-corrected chi connectivity index (χ0v) is 18.0. The third kappa shape index (κ3) is 4.04. The number of benzene rings is 2. The Bertz CT molecular complexity index is 845. The highest BCUT2D eigenvalue weighted by atomic mass is 16.2. The summed E-state index contributed by atoms with van der Waals surface area (Å²) in [5.74, 6) is 0.0401. The van der Waals surface area contributed by atoms with Crippen LogP contribution < -0.4 is 0 Å². The van der Waals surface area contributed by atoms with Crippen molar-refractivity contribution in [3.05, 3.63) is 71.8 Å². The highest BCUT2D eigenvalue weighted by Crippen LogP contribution is 2.38. The third-order valence-electron chi connectivity index (χ3n) is 7.28. The number of hydrogen-bond donors (Lipinski definition) is 0. The van der Waals surface area contributed by atoms with Crippen LogP contribution in [-0.2, 0) is 9.59 Å². The fourth-order valence-corrected chi connectivity index (χ4v) is 5.62. The maximum absolute atomic E-state index is 12.8. The number of imide groups is 1. The van der Waals surface area contributed by atoms with Gasteiger partial charge in [-0.25, -0.2) is 0 Å². The minimum Gasteiger partial charge on any atom is -0.290 e. The van der Waals surface area contributed by atoms with Crippen LogP contribution in [0, 0.1) is 11.8 Å². The summed E-state index contributed by atoms with van der Waals surface area (Å²) in [5, 5.41) is 0. The molecule has 2 amide bonds. The van der Waals surface area contributed by atoms with Gasteiger partial charge < -0.3 is 0 Å². The molecule has 0 radical (unpaired) electrons. The van der Waals surface area contributed by atoms with Crippen LogP contribution in [0.4, 0.5) is 0 Å². The van der Waals surface area contributed by atoms with E-state index in [9.17, 15) is 9.59 Å². The molecular formula is C26H31N3O2. The molecule has 1 aliphatic carbocycles. The Morgan fingerprint density at radius 1 is 0.710 bits per heavy atom. The van der Waals surface area contributed by atoms with Crippen molar-refractivity contribution in [1.29, 1.82) is 0 Å². The van der Waals surface area contributed by atoms with E-state index in [1.54, 1.807) is 4.90 Å². The Balaban J connectivity index is 1.26. The smallest absolute Gasteiger partial charge is 0.234 e. The van der Waals surface area contributed by atoms with E-state index in [0.29, 0.717) is 6.67 Å². The van der Waals surface area contributed by atoms with E-state index in [1.165, 1.54) is 11.1 Å². The van der Waals surface area contributed by atoms with E-state index in [0.717, 1.165) is 51.9 Å². The molecule has 5 nitrogen and oxygen atoms in total. The lowest BCUT2D eigenvalue weighted by atomic mass is 9.81. The Hall–Kier alpha value is -2.50. The van der Waals surface area contributed by atoms with Crippen molar-refractivity contribution in [3.8, 4) is 0 Å². The highest BCUT2D eigenvalue weighted by Gasteiger charge is 2.48. The van der Waals surface area contributed by atoms with Crippen molar-refractivity contribution in [2.45, 2.75) is 31.7 Å². The molecule has 2 atom stereocenters. The van der Waals surface area contributed by atoms with Crippen LogP contribution in [0.5, 0.6) is 0 Å². The van der Waals surface area contributed by atoms with Crippen LogP contribution in [0.25, 0.3) is 0 Å². The summed E-state index contributed by atoms with van der Waals surface area (Å²) in [6, 6.07) is 21.6. The number of likely N-dealkylation sites (tertiary alicyclic amines) is 1. The normalized spacial score (nSPS) is 25.3. The van der Waals surface area contributed by atoms with Gasteiger partial charge in [0.1, 0.15) is 0 Å². The summed E-state index contributed by atoms with van der Waals surface area (Å²) in [7, 11) is 0. The van der Waals surface area contributed by atoms with Gasteiger partial charge >= 0.3 is 0 Å². The molecule has 0 spiro atoms. The highest BCUT2D eigenvalue weighted by molar-refractivity contribution is 6.05. The molecule has 2 aliphatic heterocycles. The number of fused-ring (bicyclic) bond motifs is 1. The zero-order valence-electron chi connectivity index (χ0n) is 18.0. The number of carbonyl (C=O) groups excluding carboxylic acids is 2. The molecule has 31 heavy (non-hydrogen) atoms. The molecule has 0 aromatic heterocycles. The Labute approximate surface area is 184 Å². The van der Waals surface area contributed by atoms with Crippen LogP contribution in [0.1, 0.15) is 42.9 Å². The number of amides is 2. The molecule has 0 N–H and O–H groups in total. The van der Waals surface area contributed by atoms with Crippen molar-refractivity contribution in [2.24, 2.45) is 11.8 Å². The first kappa shape index (κ1) is 20.4. The molecule has 3 aliphatic rings. The third-order valence-corrected chi connectivity index (χ3v) is 7.28. The van der Waals surface area contributed by atoms with Crippen molar-refractivity contribution < 1.29 is 9.59 Å². The summed E-state index contributed by atoms with van der Waals surface area (Å²) in [6.45, 7) is 4.01. The van der Waals surface area contributed by atoms with Gasteiger partial charge in [-0.2, -0.15) is 0 Å². The molecule has 2 aromatic rings. The number of nitrogens with zero attached hydrogens (tertiary/aromatic N) is 3. The summed E-state index contributed by atoms with van der Waals surface area (Å²) >= 11 is 0. The molecule has 2 aromatic carbocycles. The Kier molecular flexibility index (Phi) is 5.88.